The SMILES string of the molecule is CCC1CN(c2c(C)c(Cl)nc3ncnn23)CCN1C. The van der Waals surface area contributed by atoms with E-state index < -0.39 is 0 Å². The van der Waals surface area contributed by atoms with Gasteiger partial charge in [0.25, 0.3) is 5.78 Å². The monoisotopic (exact) mass is 294 g/mol. The number of rotatable bonds is 2. The Morgan fingerprint density at radius 3 is 2.95 bits per heavy atom. The number of nitrogens with zero attached hydrogens (tertiary/aromatic N) is 6. The summed E-state index contributed by atoms with van der Waals surface area (Å²) < 4.78 is 1.79. The number of hydrogen-bond donors (Lipinski definition) is 0. The zero-order valence-corrected chi connectivity index (χ0v) is 12.8. The Kier molecular flexibility index (Phi) is 3.52. The number of likely N-dealkylation sites (N-methyl/N-ethyl adjacent to an activating group) is 1. The summed E-state index contributed by atoms with van der Waals surface area (Å²) in [5.74, 6) is 1.58. The van der Waals surface area contributed by atoms with Crippen LogP contribution in [0.1, 0.15) is 18.9 Å². The molecule has 1 aliphatic rings. The van der Waals surface area contributed by atoms with E-state index in [0.29, 0.717) is 17.0 Å². The number of fused-ring (bicyclic) bond motifs is 1. The molecular weight excluding hydrogens is 276 g/mol. The summed E-state index contributed by atoms with van der Waals surface area (Å²) in [6.45, 7) is 7.19. The quantitative estimate of drug-likeness (QED) is 0.788. The van der Waals surface area contributed by atoms with E-state index in [2.05, 4.69) is 38.8 Å². The fourth-order valence-electron chi connectivity index (χ4n) is 2.83. The van der Waals surface area contributed by atoms with Gasteiger partial charge in [0.1, 0.15) is 17.3 Å². The summed E-state index contributed by atoms with van der Waals surface area (Å²) in [7, 11) is 2.18. The molecule has 3 rings (SSSR count). The molecule has 2 aromatic rings. The van der Waals surface area contributed by atoms with Gasteiger partial charge < -0.3 is 4.90 Å². The Balaban J connectivity index is 2.05. The standard InChI is InChI=1S/C13H19ClN6/c1-4-10-7-19(6-5-18(10)3)12-9(2)11(14)17-13-15-8-16-20(12)13/h8,10H,4-7H2,1-3H3. The van der Waals surface area contributed by atoms with Gasteiger partial charge in [-0.2, -0.15) is 19.6 Å². The molecule has 6 nitrogen and oxygen atoms in total. The van der Waals surface area contributed by atoms with Crippen LogP contribution in [0.25, 0.3) is 5.78 Å². The van der Waals surface area contributed by atoms with E-state index in [1.165, 1.54) is 6.33 Å². The van der Waals surface area contributed by atoms with Gasteiger partial charge in [0.05, 0.1) is 0 Å². The van der Waals surface area contributed by atoms with Crippen LogP contribution in [0.4, 0.5) is 5.82 Å². The molecule has 108 valence electrons. The van der Waals surface area contributed by atoms with Crippen molar-refractivity contribution in [3.05, 3.63) is 17.0 Å². The smallest absolute Gasteiger partial charge is 0.255 e. The molecule has 1 aliphatic heterocycles. The topological polar surface area (TPSA) is 49.6 Å². The number of hydrogen-bond acceptors (Lipinski definition) is 5. The van der Waals surface area contributed by atoms with Crippen LogP contribution in [0.5, 0.6) is 0 Å². The number of anilines is 1. The maximum atomic E-state index is 6.24. The normalized spacial score (nSPS) is 20.8. The van der Waals surface area contributed by atoms with Crippen molar-refractivity contribution < 1.29 is 0 Å². The minimum atomic E-state index is 0.507. The molecule has 0 N–H and O–H groups in total. The summed E-state index contributed by atoms with van der Waals surface area (Å²) in [5, 5.41) is 4.80. The van der Waals surface area contributed by atoms with Gasteiger partial charge >= 0.3 is 0 Å². The van der Waals surface area contributed by atoms with Gasteiger partial charge in [0.2, 0.25) is 0 Å². The fraction of sp³-hybridized carbons (Fsp3) is 0.615. The highest BCUT2D eigenvalue weighted by Gasteiger charge is 2.26. The van der Waals surface area contributed by atoms with Gasteiger partial charge in [-0.3, -0.25) is 4.90 Å². The van der Waals surface area contributed by atoms with Crippen LogP contribution in [-0.2, 0) is 0 Å². The lowest BCUT2D eigenvalue weighted by Crippen LogP contribution is -2.52. The molecule has 1 saturated heterocycles. The molecule has 0 bridgehead atoms. The van der Waals surface area contributed by atoms with E-state index in [1.807, 2.05) is 6.92 Å². The highest BCUT2D eigenvalue weighted by atomic mass is 35.5. The second kappa shape index (κ2) is 5.18. The average Bonchev–Trinajstić information content (AvgIpc) is 2.89. The Hall–Kier alpha value is -1.40. The second-order valence-corrected chi connectivity index (χ2v) is 5.67. The predicted molar refractivity (Wildman–Crippen MR) is 79.5 cm³/mol. The summed E-state index contributed by atoms with van der Waals surface area (Å²) in [4.78, 5) is 13.2. The molecule has 0 spiro atoms. The molecule has 1 unspecified atom stereocenters. The van der Waals surface area contributed by atoms with Gasteiger partial charge in [-0.25, -0.2) is 0 Å². The van der Waals surface area contributed by atoms with Crippen molar-refractivity contribution in [1.29, 1.82) is 0 Å². The van der Waals surface area contributed by atoms with Gasteiger partial charge in [-0.05, 0) is 20.4 Å². The molecule has 3 heterocycles. The molecule has 0 aliphatic carbocycles. The highest BCUT2D eigenvalue weighted by Crippen LogP contribution is 2.27. The van der Waals surface area contributed by atoms with E-state index in [1.54, 1.807) is 4.52 Å². The lowest BCUT2D eigenvalue weighted by Gasteiger charge is -2.40. The third-order valence-corrected chi connectivity index (χ3v) is 4.49. The first-order valence-electron chi connectivity index (χ1n) is 6.92. The molecule has 1 fully saturated rings. The Morgan fingerprint density at radius 1 is 1.40 bits per heavy atom. The first-order valence-corrected chi connectivity index (χ1v) is 7.30. The van der Waals surface area contributed by atoms with Gasteiger partial charge in [-0.15, -0.1) is 0 Å². The summed E-state index contributed by atoms with van der Waals surface area (Å²) in [6.07, 6.45) is 2.65. The summed E-state index contributed by atoms with van der Waals surface area (Å²) >= 11 is 6.24. The average molecular weight is 295 g/mol. The van der Waals surface area contributed by atoms with Crippen molar-refractivity contribution in [2.75, 3.05) is 31.6 Å². The minimum Gasteiger partial charge on any atom is -0.353 e. The molecule has 0 radical (unpaired) electrons. The zero-order chi connectivity index (χ0) is 14.3. The summed E-state index contributed by atoms with van der Waals surface area (Å²) in [6, 6.07) is 0.550. The van der Waals surface area contributed by atoms with E-state index in [-0.39, 0.29) is 0 Å². The number of halogens is 1. The number of aromatic nitrogens is 4. The van der Waals surface area contributed by atoms with Crippen LogP contribution in [0.3, 0.4) is 0 Å². The lowest BCUT2D eigenvalue weighted by atomic mass is 10.1. The largest absolute Gasteiger partial charge is 0.353 e. The van der Waals surface area contributed by atoms with Crippen LogP contribution in [0.2, 0.25) is 5.15 Å². The number of piperazine rings is 1. The van der Waals surface area contributed by atoms with Crippen molar-refractivity contribution in [2.45, 2.75) is 26.3 Å². The molecule has 1 atom stereocenters. The Labute approximate surface area is 123 Å². The molecular formula is C13H19ClN6. The highest BCUT2D eigenvalue weighted by molar-refractivity contribution is 6.30. The third kappa shape index (κ3) is 2.13. The lowest BCUT2D eigenvalue weighted by molar-refractivity contribution is 0.212. The second-order valence-electron chi connectivity index (χ2n) is 5.31. The van der Waals surface area contributed by atoms with Crippen molar-refractivity contribution >= 4 is 23.2 Å². The molecule has 2 aromatic heterocycles. The first-order chi connectivity index (χ1) is 9.61. The minimum absolute atomic E-state index is 0.507. The molecule has 0 saturated carbocycles. The van der Waals surface area contributed by atoms with Crippen LogP contribution in [0, 0.1) is 6.92 Å². The fourth-order valence-corrected chi connectivity index (χ4v) is 2.99. The molecule has 0 amide bonds. The van der Waals surface area contributed by atoms with E-state index in [0.717, 1.165) is 37.4 Å². The Bertz CT molecular complexity index is 625. The maximum absolute atomic E-state index is 6.24. The maximum Gasteiger partial charge on any atom is 0.255 e. The van der Waals surface area contributed by atoms with E-state index in [4.69, 9.17) is 11.6 Å². The van der Waals surface area contributed by atoms with Gasteiger partial charge in [0.15, 0.2) is 0 Å². The van der Waals surface area contributed by atoms with Crippen molar-refractivity contribution in [3.8, 4) is 0 Å². The van der Waals surface area contributed by atoms with Gasteiger partial charge in [0, 0.05) is 31.2 Å². The van der Waals surface area contributed by atoms with Crippen LogP contribution in [0.15, 0.2) is 6.33 Å². The van der Waals surface area contributed by atoms with Crippen molar-refractivity contribution in [2.24, 2.45) is 0 Å². The molecule has 0 aromatic carbocycles. The van der Waals surface area contributed by atoms with Gasteiger partial charge in [-0.1, -0.05) is 18.5 Å². The van der Waals surface area contributed by atoms with Crippen LogP contribution >= 0.6 is 11.6 Å². The summed E-state index contributed by atoms with van der Waals surface area (Å²) in [5.41, 5.74) is 0.962. The van der Waals surface area contributed by atoms with Crippen LogP contribution < -0.4 is 4.90 Å². The first kappa shape index (κ1) is 13.6. The van der Waals surface area contributed by atoms with E-state index >= 15 is 0 Å². The molecule has 7 heteroatoms. The van der Waals surface area contributed by atoms with Crippen molar-refractivity contribution in [3.63, 3.8) is 0 Å². The van der Waals surface area contributed by atoms with Crippen LogP contribution in [-0.4, -0.2) is 57.2 Å². The zero-order valence-electron chi connectivity index (χ0n) is 12.0. The predicted octanol–water partition coefficient (Wildman–Crippen LogP) is 1.62. The molecule has 20 heavy (non-hydrogen) atoms. The van der Waals surface area contributed by atoms with Crippen molar-refractivity contribution in [1.82, 2.24) is 24.5 Å². The third-order valence-electron chi connectivity index (χ3n) is 4.12. The Morgan fingerprint density at radius 2 is 2.20 bits per heavy atom. The van der Waals surface area contributed by atoms with E-state index in [9.17, 15) is 0 Å².